The number of rotatable bonds is 8. The fraction of sp³-hybridized carbons (Fsp3) is 0.500. The monoisotopic (exact) mass is 417 g/mol. The molecule has 0 saturated carbocycles. The second kappa shape index (κ2) is 11.0. The standard InChI is InChI=1S/C14H23N7.HI/c1-2-16-14(18-8-12-20-11-7-15-13-20)17-5-3-9-21-10-4-6-19-21;/h4,6-7,10-11,13H,2-3,5,8-9,12H2,1H3,(H2,16,17,18);1H. The highest BCUT2D eigenvalue weighted by molar-refractivity contribution is 14.0. The van der Waals surface area contributed by atoms with Crippen LogP contribution in [0.1, 0.15) is 13.3 Å². The van der Waals surface area contributed by atoms with E-state index in [0.29, 0.717) is 0 Å². The predicted molar refractivity (Wildman–Crippen MR) is 98.5 cm³/mol. The van der Waals surface area contributed by atoms with Gasteiger partial charge in [0.05, 0.1) is 6.33 Å². The van der Waals surface area contributed by atoms with Gasteiger partial charge in [-0.05, 0) is 19.4 Å². The molecule has 2 aromatic rings. The maximum absolute atomic E-state index is 4.56. The third kappa shape index (κ3) is 6.92. The summed E-state index contributed by atoms with van der Waals surface area (Å²) in [4.78, 5) is 8.58. The third-order valence-corrected chi connectivity index (χ3v) is 2.94. The minimum absolute atomic E-state index is 0. The summed E-state index contributed by atoms with van der Waals surface area (Å²) < 4.78 is 3.96. The van der Waals surface area contributed by atoms with Gasteiger partial charge in [-0.25, -0.2) is 4.98 Å². The van der Waals surface area contributed by atoms with Gasteiger partial charge >= 0.3 is 0 Å². The van der Waals surface area contributed by atoms with Crippen LogP contribution in [0.4, 0.5) is 0 Å². The van der Waals surface area contributed by atoms with E-state index in [0.717, 1.165) is 45.1 Å². The van der Waals surface area contributed by atoms with Crippen LogP contribution in [-0.2, 0) is 13.1 Å². The molecule has 0 amide bonds. The Morgan fingerprint density at radius 3 is 2.77 bits per heavy atom. The van der Waals surface area contributed by atoms with Crippen molar-refractivity contribution in [2.45, 2.75) is 26.4 Å². The summed E-state index contributed by atoms with van der Waals surface area (Å²) in [7, 11) is 0. The van der Waals surface area contributed by atoms with E-state index in [9.17, 15) is 0 Å². The predicted octanol–water partition coefficient (Wildman–Crippen LogP) is 1.34. The number of imidazole rings is 1. The number of guanidine groups is 1. The number of aliphatic imine (C=N–C) groups is 1. The quantitative estimate of drug-likeness (QED) is 0.294. The van der Waals surface area contributed by atoms with Gasteiger partial charge in [-0.3, -0.25) is 9.67 Å². The molecule has 0 aliphatic rings. The Balaban J connectivity index is 0.00000242. The minimum atomic E-state index is 0. The molecule has 122 valence electrons. The molecule has 0 aliphatic carbocycles. The normalized spacial score (nSPS) is 11.0. The van der Waals surface area contributed by atoms with Crippen LogP contribution in [0.5, 0.6) is 0 Å². The van der Waals surface area contributed by atoms with Crippen LogP contribution < -0.4 is 10.6 Å². The van der Waals surface area contributed by atoms with E-state index >= 15 is 0 Å². The van der Waals surface area contributed by atoms with Crippen molar-refractivity contribution in [3.63, 3.8) is 0 Å². The zero-order valence-corrected chi connectivity index (χ0v) is 15.2. The summed E-state index contributed by atoms with van der Waals surface area (Å²) in [6.07, 6.45) is 10.3. The highest BCUT2D eigenvalue weighted by atomic mass is 127. The maximum Gasteiger partial charge on any atom is 0.191 e. The lowest BCUT2D eigenvalue weighted by molar-refractivity contribution is 0.583. The van der Waals surface area contributed by atoms with Crippen LogP contribution in [0, 0.1) is 0 Å². The van der Waals surface area contributed by atoms with Crippen molar-refractivity contribution in [2.75, 3.05) is 19.6 Å². The molecule has 0 bridgehead atoms. The summed E-state index contributed by atoms with van der Waals surface area (Å²) in [6, 6.07) is 1.94. The van der Waals surface area contributed by atoms with Crippen LogP contribution in [0.15, 0.2) is 42.2 Å². The average Bonchev–Trinajstić information content (AvgIpc) is 3.17. The Hall–Kier alpha value is -1.58. The lowest BCUT2D eigenvalue weighted by Crippen LogP contribution is -2.38. The molecule has 0 spiro atoms. The van der Waals surface area contributed by atoms with E-state index in [1.807, 2.05) is 34.0 Å². The molecule has 0 saturated heterocycles. The Bertz CT molecular complexity index is 507. The van der Waals surface area contributed by atoms with Crippen LogP contribution in [0.2, 0.25) is 0 Å². The molecule has 2 aromatic heterocycles. The third-order valence-electron chi connectivity index (χ3n) is 2.94. The SMILES string of the molecule is CCNC(=NCCCn1cccn1)NCCn1ccnc1.I. The number of hydrogen-bond acceptors (Lipinski definition) is 3. The molecule has 0 aliphatic heterocycles. The molecular formula is C14H24IN7. The van der Waals surface area contributed by atoms with Crippen molar-refractivity contribution in [2.24, 2.45) is 4.99 Å². The van der Waals surface area contributed by atoms with Gasteiger partial charge in [-0.2, -0.15) is 5.10 Å². The van der Waals surface area contributed by atoms with Crippen LogP contribution >= 0.6 is 24.0 Å². The highest BCUT2D eigenvalue weighted by Crippen LogP contribution is 1.90. The summed E-state index contributed by atoms with van der Waals surface area (Å²) in [5.41, 5.74) is 0. The first-order valence-electron chi connectivity index (χ1n) is 7.34. The number of aryl methyl sites for hydroxylation is 1. The summed E-state index contributed by atoms with van der Waals surface area (Å²) >= 11 is 0. The summed E-state index contributed by atoms with van der Waals surface area (Å²) in [5.74, 6) is 0.859. The number of halogens is 1. The van der Waals surface area contributed by atoms with E-state index in [4.69, 9.17) is 0 Å². The van der Waals surface area contributed by atoms with E-state index < -0.39 is 0 Å². The smallest absolute Gasteiger partial charge is 0.191 e. The molecule has 0 unspecified atom stereocenters. The minimum Gasteiger partial charge on any atom is -0.357 e. The van der Waals surface area contributed by atoms with Crippen molar-refractivity contribution >= 4 is 29.9 Å². The van der Waals surface area contributed by atoms with E-state index in [2.05, 4.69) is 32.6 Å². The van der Waals surface area contributed by atoms with Gasteiger partial charge in [-0.1, -0.05) is 0 Å². The second-order valence-corrected chi connectivity index (χ2v) is 4.61. The Kier molecular flexibility index (Phi) is 9.28. The van der Waals surface area contributed by atoms with Crippen LogP contribution in [0.25, 0.3) is 0 Å². The zero-order chi connectivity index (χ0) is 14.8. The molecule has 0 atom stereocenters. The van der Waals surface area contributed by atoms with Crippen LogP contribution in [0.3, 0.4) is 0 Å². The van der Waals surface area contributed by atoms with Gasteiger partial charge in [0.15, 0.2) is 5.96 Å². The van der Waals surface area contributed by atoms with Gasteiger partial charge in [-0.15, -0.1) is 24.0 Å². The molecule has 22 heavy (non-hydrogen) atoms. The summed E-state index contributed by atoms with van der Waals surface area (Å²) in [5, 5.41) is 10.7. The number of hydrogen-bond donors (Lipinski definition) is 2. The van der Waals surface area contributed by atoms with Gasteiger partial charge < -0.3 is 15.2 Å². The highest BCUT2D eigenvalue weighted by Gasteiger charge is 1.97. The second-order valence-electron chi connectivity index (χ2n) is 4.61. The van der Waals surface area contributed by atoms with Gasteiger partial charge in [0.25, 0.3) is 0 Å². The van der Waals surface area contributed by atoms with Crippen molar-refractivity contribution in [3.05, 3.63) is 37.2 Å². The van der Waals surface area contributed by atoms with Crippen molar-refractivity contribution in [1.29, 1.82) is 0 Å². The van der Waals surface area contributed by atoms with Crippen molar-refractivity contribution in [3.8, 4) is 0 Å². The zero-order valence-electron chi connectivity index (χ0n) is 12.9. The van der Waals surface area contributed by atoms with Crippen molar-refractivity contribution < 1.29 is 0 Å². The molecule has 2 N–H and O–H groups in total. The lowest BCUT2D eigenvalue weighted by atomic mass is 10.4. The first kappa shape index (κ1) is 18.5. The number of nitrogens with one attached hydrogen (secondary N) is 2. The van der Waals surface area contributed by atoms with Gasteiger partial charge in [0.1, 0.15) is 0 Å². The van der Waals surface area contributed by atoms with E-state index in [-0.39, 0.29) is 24.0 Å². The van der Waals surface area contributed by atoms with E-state index in [1.54, 1.807) is 12.4 Å². The first-order chi connectivity index (χ1) is 10.4. The molecule has 8 heteroatoms. The molecular weight excluding hydrogens is 393 g/mol. The first-order valence-corrected chi connectivity index (χ1v) is 7.34. The Morgan fingerprint density at radius 2 is 2.09 bits per heavy atom. The van der Waals surface area contributed by atoms with Crippen molar-refractivity contribution in [1.82, 2.24) is 30.0 Å². The average molecular weight is 417 g/mol. The Labute approximate surface area is 148 Å². The van der Waals surface area contributed by atoms with Gasteiger partial charge in [0, 0.05) is 57.5 Å². The topological polar surface area (TPSA) is 72.1 Å². The Morgan fingerprint density at radius 1 is 1.18 bits per heavy atom. The fourth-order valence-electron chi connectivity index (χ4n) is 1.92. The molecule has 0 radical (unpaired) electrons. The maximum atomic E-state index is 4.56. The molecule has 2 rings (SSSR count). The number of aromatic nitrogens is 4. The van der Waals surface area contributed by atoms with Crippen LogP contribution in [-0.4, -0.2) is 44.9 Å². The fourth-order valence-corrected chi connectivity index (χ4v) is 1.92. The largest absolute Gasteiger partial charge is 0.357 e. The molecule has 2 heterocycles. The summed E-state index contributed by atoms with van der Waals surface area (Å²) in [6.45, 7) is 6.29. The molecule has 7 nitrogen and oxygen atoms in total. The van der Waals surface area contributed by atoms with E-state index in [1.165, 1.54) is 0 Å². The molecule has 0 aromatic carbocycles. The number of nitrogens with zero attached hydrogens (tertiary/aromatic N) is 5. The lowest BCUT2D eigenvalue weighted by Gasteiger charge is -2.11. The molecule has 0 fully saturated rings. The van der Waals surface area contributed by atoms with Gasteiger partial charge in [0.2, 0.25) is 0 Å².